The number of sulfonamides is 1. The Morgan fingerprint density at radius 2 is 1.88 bits per heavy atom. The molecule has 0 unspecified atom stereocenters. The van der Waals surface area contributed by atoms with E-state index in [-0.39, 0.29) is 11.8 Å². The Balaban J connectivity index is 1.97. The van der Waals surface area contributed by atoms with Gasteiger partial charge in [-0.25, -0.2) is 8.42 Å². The summed E-state index contributed by atoms with van der Waals surface area (Å²) in [6.07, 6.45) is 2.13. The molecule has 1 heterocycles. The number of rotatable bonds is 6. The fourth-order valence-electron chi connectivity index (χ4n) is 3.11. The molecule has 0 radical (unpaired) electrons. The van der Waals surface area contributed by atoms with E-state index in [2.05, 4.69) is 19.2 Å². The molecule has 0 atom stereocenters. The first kappa shape index (κ1) is 19.9. The lowest BCUT2D eigenvalue weighted by molar-refractivity contribution is -0.126. The van der Waals surface area contributed by atoms with Crippen LogP contribution in [0.15, 0.2) is 23.1 Å². The van der Waals surface area contributed by atoms with Gasteiger partial charge in [0.15, 0.2) is 0 Å². The predicted octanol–water partition coefficient (Wildman–Crippen LogP) is 2.87. The number of benzene rings is 1. The Labute approximate surface area is 151 Å². The molecule has 0 aromatic heterocycles. The number of carbonyl (C=O) groups excluding carboxylic acids is 1. The van der Waals surface area contributed by atoms with Gasteiger partial charge in [0, 0.05) is 25.6 Å². The van der Waals surface area contributed by atoms with E-state index < -0.39 is 10.0 Å². The fraction of sp³-hybridized carbons (Fsp3) is 0.632. The summed E-state index contributed by atoms with van der Waals surface area (Å²) in [6.45, 7) is 9.46. The van der Waals surface area contributed by atoms with Crippen LogP contribution in [0.4, 0.5) is 0 Å². The number of nitrogens with zero attached hydrogens (tertiary/aromatic N) is 1. The third-order valence-corrected chi connectivity index (χ3v) is 6.85. The van der Waals surface area contributed by atoms with Crippen LogP contribution in [0, 0.1) is 25.7 Å². The van der Waals surface area contributed by atoms with Crippen molar-refractivity contribution in [1.29, 1.82) is 0 Å². The maximum Gasteiger partial charge on any atom is 0.243 e. The molecule has 140 valence electrons. The lowest BCUT2D eigenvalue weighted by Gasteiger charge is -2.31. The SMILES string of the molecule is Cc1ccc(C)c(S(=O)(=O)N2CCC(C(=O)NCCC(C)C)CC2)c1. The Morgan fingerprint density at radius 1 is 1.24 bits per heavy atom. The van der Waals surface area contributed by atoms with Crippen molar-refractivity contribution in [2.75, 3.05) is 19.6 Å². The summed E-state index contributed by atoms with van der Waals surface area (Å²) in [5.74, 6) is 0.534. The summed E-state index contributed by atoms with van der Waals surface area (Å²) in [5, 5.41) is 2.98. The number of hydrogen-bond donors (Lipinski definition) is 1. The van der Waals surface area contributed by atoms with Crippen molar-refractivity contribution in [1.82, 2.24) is 9.62 Å². The monoisotopic (exact) mass is 366 g/mol. The van der Waals surface area contributed by atoms with E-state index in [0.29, 0.717) is 43.3 Å². The summed E-state index contributed by atoms with van der Waals surface area (Å²) >= 11 is 0. The van der Waals surface area contributed by atoms with Crippen molar-refractivity contribution in [2.24, 2.45) is 11.8 Å². The number of piperidine rings is 1. The van der Waals surface area contributed by atoms with Crippen LogP contribution in [0.5, 0.6) is 0 Å². The van der Waals surface area contributed by atoms with Crippen molar-refractivity contribution >= 4 is 15.9 Å². The molecule has 0 bridgehead atoms. The van der Waals surface area contributed by atoms with Crippen LogP contribution in [0.2, 0.25) is 0 Å². The highest BCUT2D eigenvalue weighted by Crippen LogP contribution is 2.26. The first-order chi connectivity index (χ1) is 11.7. The summed E-state index contributed by atoms with van der Waals surface area (Å²) in [4.78, 5) is 12.6. The third kappa shape index (κ3) is 5.05. The molecule has 5 nitrogen and oxygen atoms in total. The molecule has 1 aromatic rings. The Hall–Kier alpha value is -1.40. The van der Waals surface area contributed by atoms with E-state index in [4.69, 9.17) is 0 Å². The minimum atomic E-state index is -3.49. The zero-order valence-corrected chi connectivity index (χ0v) is 16.5. The van der Waals surface area contributed by atoms with Gasteiger partial charge in [0.05, 0.1) is 4.90 Å². The van der Waals surface area contributed by atoms with Gasteiger partial charge in [-0.3, -0.25) is 4.79 Å². The molecule has 1 aliphatic heterocycles. The Kier molecular flexibility index (Phi) is 6.63. The average Bonchev–Trinajstić information content (AvgIpc) is 2.56. The van der Waals surface area contributed by atoms with Gasteiger partial charge in [-0.05, 0) is 56.2 Å². The van der Waals surface area contributed by atoms with E-state index in [0.717, 1.165) is 17.5 Å². The number of carbonyl (C=O) groups is 1. The van der Waals surface area contributed by atoms with Crippen LogP contribution in [0.25, 0.3) is 0 Å². The second-order valence-corrected chi connectivity index (χ2v) is 9.33. The molecule has 0 aliphatic carbocycles. The van der Waals surface area contributed by atoms with Crippen molar-refractivity contribution in [2.45, 2.75) is 51.9 Å². The summed E-state index contributed by atoms with van der Waals surface area (Å²) in [6, 6.07) is 5.49. The zero-order chi connectivity index (χ0) is 18.6. The highest BCUT2D eigenvalue weighted by atomic mass is 32.2. The average molecular weight is 367 g/mol. The molecule has 1 N–H and O–H groups in total. The van der Waals surface area contributed by atoms with Gasteiger partial charge in [0.2, 0.25) is 15.9 Å². The fourth-order valence-corrected chi connectivity index (χ4v) is 4.89. The number of hydrogen-bond acceptors (Lipinski definition) is 3. The predicted molar refractivity (Wildman–Crippen MR) is 99.9 cm³/mol. The smallest absolute Gasteiger partial charge is 0.243 e. The molecule has 0 spiro atoms. The van der Waals surface area contributed by atoms with Crippen LogP contribution >= 0.6 is 0 Å². The second kappa shape index (κ2) is 8.32. The van der Waals surface area contributed by atoms with E-state index in [1.807, 2.05) is 26.0 Å². The number of amides is 1. The van der Waals surface area contributed by atoms with Gasteiger partial charge in [-0.1, -0.05) is 26.0 Å². The molecule has 1 amide bonds. The van der Waals surface area contributed by atoms with Crippen molar-refractivity contribution in [3.63, 3.8) is 0 Å². The topological polar surface area (TPSA) is 66.5 Å². The number of aryl methyl sites for hydroxylation is 2. The van der Waals surface area contributed by atoms with Gasteiger partial charge >= 0.3 is 0 Å². The molecule has 1 saturated heterocycles. The molecule has 0 saturated carbocycles. The van der Waals surface area contributed by atoms with E-state index in [1.54, 1.807) is 6.07 Å². The second-order valence-electron chi connectivity index (χ2n) is 7.42. The van der Waals surface area contributed by atoms with Crippen molar-refractivity contribution < 1.29 is 13.2 Å². The molecule has 1 fully saturated rings. The Morgan fingerprint density at radius 3 is 2.48 bits per heavy atom. The lowest BCUT2D eigenvalue weighted by atomic mass is 9.97. The third-order valence-electron chi connectivity index (χ3n) is 4.81. The van der Waals surface area contributed by atoms with Gasteiger partial charge in [0.25, 0.3) is 0 Å². The van der Waals surface area contributed by atoms with Gasteiger partial charge in [-0.15, -0.1) is 0 Å². The summed E-state index contributed by atoms with van der Waals surface area (Å²) in [5.41, 5.74) is 1.70. The van der Waals surface area contributed by atoms with Crippen LogP contribution in [-0.2, 0) is 14.8 Å². The highest BCUT2D eigenvalue weighted by Gasteiger charge is 2.32. The molecular formula is C19H30N2O3S. The first-order valence-corrected chi connectivity index (χ1v) is 10.5. The highest BCUT2D eigenvalue weighted by molar-refractivity contribution is 7.89. The van der Waals surface area contributed by atoms with Crippen molar-refractivity contribution in [3.8, 4) is 0 Å². The molecule has 2 rings (SSSR count). The number of nitrogens with one attached hydrogen (secondary N) is 1. The molecule has 1 aromatic carbocycles. The van der Waals surface area contributed by atoms with Crippen LogP contribution < -0.4 is 5.32 Å². The van der Waals surface area contributed by atoms with Crippen LogP contribution in [0.1, 0.15) is 44.2 Å². The van der Waals surface area contributed by atoms with Crippen molar-refractivity contribution in [3.05, 3.63) is 29.3 Å². The standard InChI is InChI=1S/C19H30N2O3S/c1-14(2)7-10-20-19(22)17-8-11-21(12-9-17)25(23,24)18-13-15(3)5-6-16(18)4/h5-6,13-14,17H,7-12H2,1-4H3,(H,20,22). The van der Waals surface area contributed by atoms with Crippen LogP contribution in [-0.4, -0.2) is 38.3 Å². The maximum absolute atomic E-state index is 12.9. The van der Waals surface area contributed by atoms with Gasteiger partial charge < -0.3 is 5.32 Å². The lowest BCUT2D eigenvalue weighted by Crippen LogP contribution is -2.43. The minimum absolute atomic E-state index is 0.0597. The summed E-state index contributed by atoms with van der Waals surface area (Å²) < 4.78 is 27.3. The van der Waals surface area contributed by atoms with Crippen LogP contribution in [0.3, 0.4) is 0 Å². The quantitative estimate of drug-likeness (QED) is 0.842. The first-order valence-electron chi connectivity index (χ1n) is 9.07. The minimum Gasteiger partial charge on any atom is -0.356 e. The molecule has 6 heteroatoms. The molecular weight excluding hydrogens is 336 g/mol. The molecule has 25 heavy (non-hydrogen) atoms. The molecule has 1 aliphatic rings. The van der Waals surface area contributed by atoms with E-state index in [1.165, 1.54) is 4.31 Å². The van der Waals surface area contributed by atoms with Gasteiger partial charge in [-0.2, -0.15) is 4.31 Å². The maximum atomic E-state index is 12.9. The largest absolute Gasteiger partial charge is 0.356 e. The van der Waals surface area contributed by atoms with E-state index >= 15 is 0 Å². The normalized spacial score (nSPS) is 17.0. The van der Waals surface area contributed by atoms with E-state index in [9.17, 15) is 13.2 Å². The van der Waals surface area contributed by atoms with Gasteiger partial charge in [0.1, 0.15) is 0 Å². The summed E-state index contributed by atoms with van der Waals surface area (Å²) in [7, 11) is -3.49. The zero-order valence-electron chi connectivity index (χ0n) is 15.7. The Bertz CT molecular complexity index is 705.